The molecule has 0 unspecified atom stereocenters. The van der Waals surface area contributed by atoms with Crippen molar-refractivity contribution in [1.29, 1.82) is 0 Å². The van der Waals surface area contributed by atoms with Crippen molar-refractivity contribution in [2.24, 2.45) is 0 Å². The summed E-state index contributed by atoms with van der Waals surface area (Å²) in [4.78, 5) is 18.3. The molecule has 1 aromatic heterocycles. The third-order valence-electron chi connectivity index (χ3n) is 4.08. The molecule has 0 bridgehead atoms. The number of pyridine rings is 1. The summed E-state index contributed by atoms with van der Waals surface area (Å²) in [6.07, 6.45) is 4.04. The van der Waals surface area contributed by atoms with Crippen LogP contribution in [0.5, 0.6) is 11.6 Å². The maximum Gasteiger partial charge on any atom is 0.410 e. The summed E-state index contributed by atoms with van der Waals surface area (Å²) in [5.41, 5.74) is 1.42. The quantitative estimate of drug-likeness (QED) is 0.592. The van der Waals surface area contributed by atoms with Gasteiger partial charge in [-0.25, -0.2) is 9.78 Å². The number of hydrogen-bond donors (Lipinski definition) is 0. The molecule has 0 atom stereocenters. The number of aromatic nitrogens is 1. The van der Waals surface area contributed by atoms with Crippen molar-refractivity contribution >= 4 is 34.9 Å². The van der Waals surface area contributed by atoms with E-state index in [9.17, 15) is 4.79 Å². The lowest BCUT2D eigenvalue weighted by atomic mass is 10.0. The van der Waals surface area contributed by atoms with Gasteiger partial charge in [0.25, 0.3) is 0 Å². The normalized spacial score (nSPS) is 14.5. The van der Waals surface area contributed by atoms with E-state index in [-0.39, 0.29) is 6.09 Å². The first-order valence-corrected chi connectivity index (χ1v) is 9.74. The van der Waals surface area contributed by atoms with Crippen LogP contribution in [-0.2, 0) is 4.74 Å². The summed E-state index contributed by atoms with van der Waals surface area (Å²) in [5.74, 6) is 0.946. The van der Waals surface area contributed by atoms with Crippen LogP contribution in [0, 0.1) is 0 Å². The first-order valence-electron chi connectivity index (χ1n) is 8.98. The van der Waals surface area contributed by atoms with Gasteiger partial charge in [0.2, 0.25) is 5.88 Å². The highest BCUT2D eigenvalue weighted by Crippen LogP contribution is 2.35. The second-order valence-corrected chi connectivity index (χ2v) is 8.28. The lowest BCUT2D eigenvalue weighted by Gasteiger charge is -2.29. The summed E-state index contributed by atoms with van der Waals surface area (Å²) in [6, 6.07) is 8.85. The molecule has 5 nitrogen and oxygen atoms in total. The summed E-state index contributed by atoms with van der Waals surface area (Å²) < 4.78 is 11.4. The van der Waals surface area contributed by atoms with Crippen molar-refractivity contribution in [1.82, 2.24) is 9.88 Å². The fourth-order valence-electron chi connectivity index (χ4n) is 2.78. The number of amides is 1. The molecule has 28 heavy (non-hydrogen) atoms. The van der Waals surface area contributed by atoms with Crippen molar-refractivity contribution in [3.63, 3.8) is 0 Å². The van der Waals surface area contributed by atoms with E-state index in [0.29, 0.717) is 41.2 Å². The Hall–Kier alpha value is -2.24. The second-order valence-electron chi connectivity index (χ2n) is 7.44. The zero-order valence-corrected chi connectivity index (χ0v) is 17.5. The van der Waals surface area contributed by atoms with E-state index in [4.69, 9.17) is 32.7 Å². The van der Waals surface area contributed by atoms with Gasteiger partial charge >= 0.3 is 6.09 Å². The molecule has 3 rings (SSSR count). The van der Waals surface area contributed by atoms with Crippen molar-refractivity contribution in [3.05, 3.63) is 58.2 Å². The summed E-state index contributed by atoms with van der Waals surface area (Å²) in [7, 11) is 0. The molecular weight excluding hydrogens is 399 g/mol. The highest BCUT2D eigenvalue weighted by atomic mass is 35.5. The molecule has 0 saturated carbocycles. The smallest absolute Gasteiger partial charge is 0.410 e. The van der Waals surface area contributed by atoms with E-state index in [1.807, 2.05) is 39.0 Å². The Labute approximate surface area is 174 Å². The zero-order chi connectivity index (χ0) is 20.3. The van der Waals surface area contributed by atoms with Crippen LogP contribution in [-0.4, -0.2) is 34.7 Å². The van der Waals surface area contributed by atoms with Crippen molar-refractivity contribution in [2.75, 3.05) is 13.1 Å². The maximum atomic E-state index is 12.2. The fourth-order valence-corrected chi connectivity index (χ4v) is 3.23. The highest BCUT2D eigenvalue weighted by molar-refractivity contribution is 6.35. The molecule has 148 valence electrons. The molecule has 0 spiro atoms. The Morgan fingerprint density at radius 3 is 2.64 bits per heavy atom. The van der Waals surface area contributed by atoms with E-state index in [0.717, 1.165) is 11.1 Å². The summed E-state index contributed by atoms with van der Waals surface area (Å²) >= 11 is 12.2. The number of ether oxygens (including phenoxy) is 2. The Kier molecular flexibility index (Phi) is 6.16. The summed E-state index contributed by atoms with van der Waals surface area (Å²) in [5, 5.41) is 0.952. The molecule has 1 amide bonds. The number of carbonyl (C=O) groups is 1. The van der Waals surface area contributed by atoms with Crippen LogP contribution in [0.4, 0.5) is 4.79 Å². The predicted molar refractivity (Wildman–Crippen MR) is 111 cm³/mol. The minimum atomic E-state index is -0.511. The Morgan fingerprint density at radius 1 is 1.21 bits per heavy atom. The van der Waals surface area contributed by atoms with Crippen LogP contribution in [0.3, 0.4) is 0 Å². The minimum Gasteiger partial charge on any atom is -0.444 e. The molecular formula is C21H22Cl2N2O3. The molecule has 0 radical (unpaired) electrons. The first-order chi connectivity index (χ1) is 13.2. The topological polar surface area (TPSA) is 51.7 Å². The van der Waals surface area contributed by atoms with Gasteiger partial charge < -0.3 is 14.4 Å². The van der Waals surface area contributed by atoms with Crippen molar-refractivity contribution < 1.29 is 14.3 Å². The van der Waals surface area contributed by atoms with E-state index in [1.165, 1.54) is 0 Å². The Morgan fingerprint density at radius 2 is 2.00 bits per heavy atom. The molecule has 0 N–H and O–H groups in total. The van der Waals surface area contributed by atoms with Crippen LogP contribution in [0.1, 0.15) is 32.8 Å². The van der Waals surface area contributed by atoms with Crippen LogP contribution >= 0.6 is 23.2 Å². The number of halogens is 2. The molecule has 1 aromatic carbocycles. The van der Waals surface area contributed by atoms with Crippen molar-refractivity contribution in [3.8, 4) is 11.6 Å². The van der Waals surface area contributed by atoms with Crippen LogP contribution in [0.15, 0.2) is 42.6 Å². The molecule has 0 aliphatic carbocycles. The standard InChI is InChI=1S/C21H22Cl2N2O3/c1-21(2,3)28-20(26)25-11-8-14(9-12-25)16-5-4-10-24-19(16)27-18-7-6-15(22)13-17(18)23/h4-8,10,13H,9,11-12H2,1-3H3. The number of benzene rings is 1. The molecule has 2 heterocycles. The maximum absolute atomic E-state index is 12.2. The fraction of sp³-hybridized carbons (Fsp3) is 0.333. The molecule has 7 heteroatoms. The van der Waals surface area contributed by atoms with Crippen LogP contribution in [0.25, 0.3) is 5.57 Å². The zero-order valence-electron chi connectivity index (χ0n) is 16.0. The largest absolute Gasteiger partial charge is 0.444 e. The van der Waals surface area contributed by atoms with Crippen LogP contribution in [0.2, 0.25) is 10.0 Å². The first kappa shape index (κ1) is 20.5. The van der Waals surface area contributed by atoms with Gasteiger partial charge in [0.15, 0.2) is 0 Å². The summed E-state index contributed by atoms with van der Waals surface area (Å²) in [6.45, 7) is 6.61. The van der Waals surface area contributed by atoms with Gasteiger partial charge in [-0.15, -0.1) is 0 Å². The highest BCUT2D eigenvalue weighted by Gasteiger charge is 2.25. The van der Waals surface area contributed by atoms with E-state index in [2.05, 4.69) is 4.98 Å². The third-order valence-corrected chi connectivity index (χ3v) is 4.61. The van der Waals surface area contributed by atoms with Crippen molar-refractivity contribution in [2.45, 2.75) is 32.8 Å². The van der Waals surface area contributed by atoms with E-state index in [1.54, 1.807) is 29.3 Å². The molecule has 2 aromatic rings. The van der Waals surface area contributed by atoms with Gasteiger partial charge in [0.05, 0.1) is 5.02 Å². The number of rotatable bonds is 3. The SMILES string of the molecule is CC(C)(C)OC(=O)N1CC=C(c2cccnc2Oc2ccc(Cl)cc2Cl)CC1. The van der Waals surface area contributed by atoms with Gasteiger partial charge in [-0.05, 0) is 63.1 Å². The lowest BCUT2D eigenvalue weighted by molar-refractivity contribution is 0.0270. The van der Waals surface area contributed by atoms with Gasteiger partial charge in [0.1, 0.15) is 11.4 Å². The molecule has 1 aliphatic heterocycles. The van der Waals surface area contributed by atoms with Crippen LogP contribution < -0.4 is 4.74 Å². The number of hydrogen-bond acceptors (Lipinski definition) is 4. The average Bonchev–Trinajstić information content (AvgIpc) is 2.63. The van der Waals surface area contributed by atoms with E-state index >= 15 is 0 Å². The molecule has 0 saturated heterocycles. The second kappa shape index (κ2) is 8.41. The number of carbonyl (C=O) groups excluding carboxylic acids is 1. The van der Waals surface area contributed by atoms with Gasteiger partial charge in [0, 0.05) is 29.9 Å². The average molecular weight is 421 g/mol. The third kappa shape index (κ3) is 5.18. The predicted octanol–water partition coefficient (Wildman–Crippen LogP) is 6.20. The number of nitrogens with zero attached hydrogens (tertiary/aromatic N) is 2. The van der Waals surface area contributed by atoms with Gasteiger partial charge in [-0.1, -0.05) is 29.3 Å². The Bertz CT molecular complexity index is 907. The van der Waals surface area contributed by atoms with Gasteiger partial charge in [-0.2, -0.15) is 0 Å². The van der Waals surface area contributed by atoms with E-state index < -0.39 is 5.60 Å². The molecule has 1 aliphatic rings. The van der Waals surface area contributed by atoms with Gasteiger partial charge in [-0.3, -0.25) is 0 Å². The Balaban J connectivity index is 1.77. The monoisotopic (exact) mass is 420 g/mol. The lowest BCUT2D eigenvalue weighted by Crippen LogP contribution is -2.39. The molecule has 0 fully saturated rings. The minimum absolute atomic E-state index is 0.307.